The van der Waals surface area contributed by atoms with Gasteiger partial charge in [-0.05, 0) is 6.92 Å². The van der Waals surface area contributed by atoms with E-state index in [1.54, 1.807) is 6.20 Å². The maximum atomic E-state index is 11.4. The molecule has 0 amide bonds. The van der Waals surface area contributed by atoms with Crippen LogP contribution in [0.2, 0.25) is 0 Å². The highest BCUT2D eigenvalue weighted by Gasteiger charge is 2.23. The first-order valence-electron chi connectivity index (χ1n) is 4.53. The summed E-state index contributed by atoms with van der Waals surface area (Å²) in [5, 5.41) is 0. The van der Waals surface area contributed by atoms with Crippen LogP contribution in [0, 0.1) is 0 Å². The fourth-order valence-corrected chi connectivity index (χ4v) is 1.35. The van der Waals surface area contributed by atoms with E-state index in [4.69, 9.17) is 5.73 Å². The fraction of sp³-hybridized carbons (Fsp3) is 0.556. The topological polar surface area (TPSA) is 70.1 Å². The van der Waals surface area contributed by atoms with Gasteiger partial charge < -0.3 is 15.0 Å². The third kappa shape index (κ3) is 1.93. The van der Waals surface area contributed by atoms with E-state index in [-0.39, 0.29) is 12.5 Å². The minimum Gasteiger partial charge on any atom is -0.468 e. The summed E-state index contributed by atoms with van der Waals surface area (Å²) in [6.07, 6.45) is 3.48. The lowest BCUT2D eigenvalue weighted by atomic mass is 10.1. The molecule has 0 aromatic carbocycles. The lowest BCUT2D eigenvalue weighted by molar-refractivity contribution is -0.142. The molecule has 0 aliphatic heterocycles. The number of nitrogens with zero attached hydrogens (tertiary/aromatic N) is 2. The molecular formula is C9H15N3O2. The SMILES string of the molecule is CCn1ccnc1C(CN)C(=O)OC. The van der Waals surface area contributed by atoms with Crippen molar-refractivity contribution in [1.29, 1.82) is 0 Å². The molecule has 1 unspecified atom stereocenters. The number of rotatable bonds is 4. The number of carbonyl (C=O) groups is 1. The zero-order valence-corrected chi connectivity index (χ0v) is 8.43. The monoisotopic (exact) mass is 197 g/mol. The molecule has 1 aromatic rings. The van der Waals surface area contributed by atoms with E-state index >= 15 is 0 Å². The molecule has 0 radical (unpaired) electrons. The highest BCUT2D eigenvalue weighted by Crippen LogP contribution is 2.13. The summed E-state index contributed by atoms with van der Waals surface area (Å²) in [5.41, 5.74) is 5.51. The van der Waals surface area contributed by atoms with Crippen molar-refractivity contribution in [3.8, 4) is 0 Å². The van der Waals surface area contributed by atoms with Crippen molar-refractivity contribution < 1.29 is 9.53 Å². The highest BCUT2D eigenvalue weighted by atomic mass is 16.5. The van der Waals surface area contributed by atoms with Crippen molar-refractivity contribution in [2.45, 2.75) is 19.4 Å². The molecule has 14 heavy (non-hydrogen) atoms. The van der Waals surface area contributed by atoms with Gasteiger partial charge in [-0.25, -0.2) is 4.98 Å². The van der Waals surface area contributed by atoms with Crippen LogP contribution >= 0.6 is 0 Å². The van der Waals surface area contributed by atoms with Gasteiger partial charge in [0.2, 0.25) is 0 Å². The minimum atomic E-state index is -0.463. The van der Waals surface area contributed by atoms with Crippen molar-refractivity contribution in [3.63, 3.8) is 0 Å². The molecule has 1 aromatic heterocycles. The third-order valence-electron chi connectivity index (χ3n) is 2.12. The quantitative estimate of drug-likeness (QED) is 0.696. The van der Waals surface area contributed by atoms with Crippen LogP contribution in [-0.2, 0) is 16.1 Å². The Balaban J connectivity index is 2.94. The van der Waals surface area contributed by atoms with Crippen molar-refractivity contribution in [2.24, 2.45) is 5.73 Å². The Labute approximate surface area is 82.9 Å². The Bertz CT molecular complexity index is 309. The first kappa shape index (κ1) is 10.7. The Morgan fingerprint density at radius 1 is 1.79 bits per heavy atom. The number of hydrogen-bond donors (Lipinski definition) is 1. The van der Waals surface area contributed by atoms with Gasteiger partial charge >= 0.3 is 5.97 Å². The van der Waals surface area contributed by atoms with Crippen LogP contribution in [0.25, 0.3) is 0 Å². The van der Waals surface area contributed by atoms with Crippen LogP contribution in [0.1, 0.15) is 18.7 Å². The van der Waals surface area contributed by atoms with Crippen LogP contribution in [-0.4, -0.2) is 29.2 Å². The zero-order chi connectivity index (χ0) is 10.6. The van der Waals surface area contributed by atoms with Crippen LogP contribution in [0.5, 0.6) is 0 Å². The second-order valence-corrected chi connectivity index (χ2v) is 2.88. The number of carbonyl (C=O) groups excluding carboxylic acids is 1. The molecule has 5 nitrogen and oxygen atoms in total. The molecule has 0 aliphatic carbocycles. The molecule has 0 aliphatic rings. The van der Waals surface area contributed by atoms with Crippen LogP contribution in [0.4, 0.5) is 0 Å². The standard InChI is InChI=1S/C9H15N3O2/c1-3-12-5-4-11-8(12)7(6-10)9(13)14-2/h4-5,7H,3,6,10H2,1-2H3. The van der Waals surface area contributed by atoms with Gasteiger partial charge in [0.15, 0.2) is 0 Å². The summed E-state index contributed by atoms with van der Waals surface area (Å²) in [5.74, 6) is -0.134. The van der Waals surface area contributed by atoms with E-state index in [9.17, 15) is 4.79 Å². The Kier molecular flexibility index (Phi) is 3.64. The molecule has 5 heteroatoms. The summed E-state index contributed by atoms with van der Waals surface area (Å²) in [7, 11) is 1.35. The van der Waals surface area contributed by atoms with Crippen LogP contribution in [0.3, 0.4) is 0 Å². The molecule has 1 rings (SSSR count). The second-order valence-electron chi connectivity index (χ2n) is 2.88. The summed E-state index contributed by atoms with van der Waals surface area (Å²) in [6, 6.07) is 0. The molecule has 0 bridgehead atoms. The second kappa shape index (κ2) is 4.76. The van der Waals surface area contributed by atoms with Crippen molar-refractivity contribution in [2.75, 3.05) is 13.7 Å². The Hall–Kier alpha value is -1.36. The first-order chi connectivity index (χ1) is 6.74. The number of aromatic nitrogens is 2. The molecule has 0 spiro atoms. The van der Waals surface area contributed by atoms with Gasteiger partial charge in [0.05, 0.1) is 7.11 Å². The molecule has 78 valence electrons. The van der Waals surface area contributed by atoms with Gasteiger partial charge in [-0.2, -0.15) is 0 Å². The number of hydrogen-bond acceptors (Lipinski definition) is 4. The Morgan fingerprint density at radius 3 is 3.00 bits per heavy atom. The predicted molar refractivity (Wildman–Crippen MR) is 51.7 cm³/mol. The zero-order valence-electron chi connectivity index (χ0n) is 8.43. The van der Waals surface area contributed by atoms with Crippen molar-refractivity contribution in [1.82, 2.24) is 9.55 Å². The molecule has 0 saturated heterocycles. The van der Waals surface area contributed by atoms with Crippen LogP contribution in [0.15, 0.2) is 12.4 Å². The summed E-state index contributed by atoms with van der Waals surface area (Å²) < 4.78 is 6.54. The largest absolute Gasteiger partial charge is 0.468 e. The number of esters is 1. The molecule has 0 fully saturated rings. The van der Waals surface area contributed by atoms with Gasteiger partial charge in [0, 0.05) is 25.5 Å². The van der Waals surface area contributed by atoms with Gasteiger partial charge in [0.1, 0.15) is 11.7 Å². The molecule has 0 saturated carbocycles. The molecule has 1 atom stereocenters. The van der Waals surface area contributed by atoms with E-state index < -0.39 is 5.92 Å². The Morgan fingerprint density at radius 2 is 2.50 bits per heavy atom. The van der Waals surface area contributed by atoms with E-state index in [0.29, 0.717) is 5.82 Å². The maximum absolute atomic E-state index is 11.4. The first-order valence-corrected chi connectivity index (χ1v) is 4.53. The van der Waals surface area contributed by atoms with Gasteiger partial charge in [-0.3, -0.25) is 4.79 Å². The number of aryl methyl sites for hydroxylation is 1. The molecule has 2 N–H and O–H groups in total. The lowest BCUT2D eigenvalue weighted by Gasteiger charge is -2.13. The number of imidazole rings is 1. The average Bonchev–Trinajstić information content (AvgIpc) is 2.66. The summed E-state index contributed by atoms with van der Waals surface area (Å²) in [4.78, 5) is 15.5. The normalized spacial score (nSPS) is 12.5. The van der Waals surface area contributed by atoms with Crippen LogP contribution < -0.4 is 5.73 Å². The van der Waals surface area contributed by atoms with Crippen molar-refractivity contribution in [3.05, 3.63) is 18.2 Å². The molecule has 1 heterocycles. The summed E-state index contributed by atoms with van der Waals surface area (Å²) >= 11 is 0. The maximum Gasteiger partial charge on any atom is 0.317 e. The van der Waals surface area contributed by atoms with E-state index in [0.717, 1.165) is 6.54 Å². The van der Waals surface area contributed by atoms with E-state index in [1.165, 1.54) is 7.11 Å². The fourth-order valence-electron chi connectivity index (χ4n) is 1.35. The third-order valence-corrected chi connectivity index (χ3v) is 2.12. The van der Waals surface area contributed by atoms with E-state index in [2.05, 4.69) is 9.72 Å². The van der Waals surface area contributed by atoms with Crippen molar-refractivity contribution >= 4 is 5.97 Å². The minimum absolute atomic E-state index is 0.212. The van der Waals surface area contributed by atoms with Gasteiger partial charge in [-0.1, -0.05) is 0 Å². The molecular weight excluding hydrogens is 182 g/mol. The smallest absolute Gasteiger partial charge is 0.317 e. The average molecular weight is 197 g/mol. The number of methoxy groups -OCH3 is 1. The summed E-state index contributed by atoms with van der Waals surface area (Å²) in [6.45, 7) is 2.96. The number of nitrogens with two attached hydrogens (primary N) is 1. The van der Waals surface area contributed by atoms with E-state index in [1.807, 2.05) is 17.7 Å². The van der Waals surface area contributed by atoms with Gasteiger partial charge in [0.25, 0.3) is 0 Å². The predicted octanol–water partition coefficient (Wildman–Crippen LogP) is 0.118. The number of ether oxygens (including phenoxy) is 1. The van der Waals surface area contributed by atoms with Gasteiger partial charge in [-0.15, -0.1) is 0 Å². The lowest BCUT2D eigenvalue weighted by Crippen LogP contribution is -2.25. The highest BCUT2D eigenvalue weighted by molar-refractivity contribution is 5.77.